The standard InChI is InChI=1S/C16H15ClO3/c17-13-3-1-2-11(8-13)15(19)14-7-10(9-18)6-12-4-5-20-16(12)14/h1-3,6-8,15,18-19H,4-5,9H2. The molecule has 0 saturated heterocycles. The van der Waals surface area contributed by atoms with E-state index in [0.29, 0.717) is 22.8 Å². The van der Waals surface area contributed by atoms with E-state index in [9.17, 15) is 10.2 Å². The number of hydrogen-bond donors (Lipinski definition) is 2. The Morgan fingerprint density at radius 2 is 2.10 bits per heavy atom. The Bertz CT molecular complexity index is 640. The second-order valence-corrected chi connectivity index (χ2v) is 5.32. The van der Waals surface area contributed by atoms with Gasteiger partial charge in [0.15, 0.2) is 0 Å². The Kier molecular flexibility index (Phi) is 3.66. The summed E-state index contributed by atoms with van der Waals surface area (Å²) in [5.41, 5.74) is 3.22. The summed E-state index contributed by atoms with van der Waals surface area (Å²) in [4.78, 5) is 0. The molecule has 1 heterocycles. The van der Waals surface area contributed by atoms with Crippen LogP contribution in [0.25, 0.3) is 0 Å². The predicted molar refractivity (Wildman–Crippen MR) is 77.1 cm³/mol. The van der Waals surface area contributed by atoms with Gasteiger partial charge in [0, 0.05) is 17.0 Å². The summed E-state index contributed by atoms with van der Waals surface area (Å²) < 4.78 is 5.63. The normalized spacial score (nSPS) is 14.8. The lowest BCUT2D eigenvalue weighted by Gasteiger charge is -2.16. The molecule has 0 amide bonds. The number of ether oxygens (including phenoxy) is 1. The summed E-state index contributed by atoms with van der Waals surface area (Å²) in [6.45, 7) is 0.558. The van der Waals surface area contributed by atoms with Crippen molar-refractivity contribution in [1.29, 1.82) is 0 Å². The third-order valence-electron chi connectivity index (χ3n) is 3.51. The third-order valence-corrected chi connectivity index (χ3v) is 3.75. The first-order valence-electron chi connectivity index (χ1n) is 6.52. The van der Waals surface area contributed by atoms with Gasteiger partial charge in [0.25, 0.3) is 0 Å². The van der Waals surface area contributed by atoms with Gasteiger partial charge in [-0.1, -0.05) is 23.7 Å². The number of fused-ring (bicyclic) bond motifs is 1. The van der Waals surface area contributed by atoms with Crippen LogP contribution in [0.3, 0.4) is 0 Å². The molecule has 0 radical (unpaired) electrons. The Hall–Kier alpha value is -1.55. The Balaban J connectivity index is 2.07. The molecule has 3 nitrogen and oxygen atoms in total. The van der Waals surface area contributed by atoms with Gasteiger partial charge >= 0.3 is 0 Å². The number of rotatable bonds is 3. The summed E-state index contributed by atoms with van der Waals surface area (Å²) in [5, 5.41) is 20.5. The SMILES string of the molecule is OCc1cc2c(c(C(O)c3cccc(Cl)c3)c1)OCC2. The van der Waals surface area contributed by atoms with Gasteiger partial charge in [-0.3, -0.25) is 0 Å². The highest BCUT2D eigenvalue weighted by Gasteiger charge is 2.23. The highest BCUT2D eigenvalue weighted by molar-refractivity contribution is 6.30. The van der Waals surface area contributed by atoms with E-state index < -0.39 is 6.10 Å². The van der Waals surface area contributed by atoms with Gasteiger partial charge in [-0.25, -0.2) is 0 Å². The number of hydrogen-bond acceptors (Lipinski definition) is 3. The first-order chi connectivity index (χ1) is 9.69. The van der Waals surface area contributed by atoms with Crippen molar-refractivity contribution in [3.8, 4) is 5.75 Å². The molecule has 3 rings (SSSR count). The molecule has 20 heavy (non-hydrogen) atoms. The van der Waals surface area contributed by atoms with Crippen molar-refractivity contribution in [3.05, 3.63) is 63.7 Å². The highest BCUT2D eigenvalue weighted by Crippen LogP contribution is 2.37. The molecule has 0 saturated carbocycles. The molecule has 2 N–H and O–H groups in total. The maximum Gasteiger partial charge on any atom is 0.128 e. The van der Waals surface area contributed by atoms with Gasteiger partial charge < -0.3 is 14.9 Å². The monoisotopic (exact) mass is 290 g/mol. The molecule has 0 aliphatic carbocycles. The summed E-state index contributed by atoms with van der Waals surface area (Å²) in [5.74, 6) is 0.731. The van der Waals surface area contributed by atoms with Crippen molar-refractivity contribution >= 4 is 11.6 Å². The summed E-state index contributed by atoms with van der Waals surface area (Å²) in [6.07, 6.45) is -0.00891. The smallest absolute Gasteiger partial charge is 0.128 e. The molecule has 0 aromatic heterocycles. The summed E-state index contributed by atoms with van der Waals surface area (Å²) in [6, 6.07) is 10.8. The maximum atomic E-state index is 10.6. The molecule has 104 valence electrons. The largest absolute Gasteiger partial charge is 0.493 e. The van der Waals surface area contributed by atoms with Crippen molar-refractivity contribution < 1.29 is 14.9 Å². The van der Waals surface area contributed by atoms with Gasteiger partial charge in [0.1, 0.15) is 11.9 Å². The summed E-state index contributed by atoms with van der Waals surface area (Å²) in [7, 11) is 0. The van der Waals surface area contributed by atoms with Crippen LogP contribution in [-0.2, 0) is 13.0 Å². The van der Waals surface area contributed by atoms with Crippen LogP contribution in [0.5, 0.6) is 5.75 Å². The van der Waals surface area contributed by atoms with E-state index in [1.54, 1.807) is 24.3 Å². The molecular formula is C16H15ClO3. The van der Waals surface area contributed by atoms with Gasteiger partial charge in [-0.2, -0.15) is 0 Å². The number of aliphatic hydroxyl groups is 2. The Morgan fingerprint density at radius 1 is 1.25 bits per heavy atom. The zero-order valence-corrected chi connectivity index (χ0v) is 11.6. The van der Waals surface area contributed by atoms with E-state index in [2.05, 4.69) is 0 Å². The maximum absolute atomic E-state index is 10.6. The van der Waals surface area contributed by atoms with E-state index in [1.165, 1.54) is 0 Å². The first kappa shape index (κ1) is 13.4. The van der Waals surface area contributed by atoms with Crippen LogP contribution in [0.15, 0.2) is 36.4 Å². The van der Waals surface area contributed by atoms with E-state index in [1.807, 2.05) is 12.1 Å². The molecule has 2 aromatic carbocycles. The van der Waals surface area contributed by atoms with Crippen LogP contribution in [0.2, 0.25) is 5.02 Å². The van der Waals surface area contributed by atoms with E-state index in [-0.39, 0.29) is 6.61 Å². The van der Waals surface area contributed by atoms with Crippen molar-refractivity contribution in [2.45, 2.75) is 19.1 Å². The van der Waals surface area contributed by atoms with Gasteiger partial charge in [-0.15, -0.1) is 0 Å². The second kappa shape index (κ2) is 5.44. The fraction of sp³-hybridized carbons (Fsp3) is 0.250. The summed E-state index contributed by atoms with van der Waals surface area (Å²) >= 11 is 5.97. The number of benzene rings is 2. The fourth-order valence-corrected chi connectivity index (χ4v) is 2.76. The number of halogens is 1. The lowest BCUT2D eigenvalue weighted by molar-refractivity contribution is 0.213. The van der Waals surface area contributed by atoms with Crippen LogP contribution in [0, 0.1) is 0 Å². The van der Waals surface area contributed by atoms with Crippen molar-refractivity contribution in [2.75, 3.05) is 6.61 Å². The Labute approximate surface area is 122 Å². The fourth-order valence-electron chi connectivity index (χ4n) is 2.56. The third kappa shape index (κ3) is 2.40. The molecular weight excluding hydrogens is 276 g/mol. The molecule has 1 aliphatic rings. The van der Waals surface area contributed by atoms with Crippen LogP contribution in [0.1, 0.15) is 28.4 Å². The lowest BCUT2D eigenvalue weighted by Crippen LogP contribution is -2.03. The molecule has 0 spiro atoms. The van der Waals surface area contributed by atoms with Crippen molar-refractivity contribution in [1.82, 2.24) is 0 Å². The van der Waals surface area contributed by atoms with Gasteiger partial charge in [0.2, 0.25) is 0 Å². The molecule has 1 unspecified atom stereocenters. The minimum absolute atomic E-state index is 0.0530. The first-order valence-corrected chi connectivity index (χ1v) is 6.89. The lowest BCUT2D eigenvalue weighted by atomic mass is 9.96. The second-order valence-electron chi connectivity index (χ2n) is 4.89. The quantitative estimate of drug-likeness (QED) is 0.914. The minimum Gasteiger partial charge on any atom is -0.493 e. The van der Waals surface area contributed by atoms with E-state index in [4.69, 9.17) is 16.3 Å². The van der Waals surface area contributed by atoms with Crippen LogP contribution < -0.4 is 4.74 Å². The molecule has 4 heteroatoms. The average Bonchev–Trinajstić information content (AvgIpc) is 2.93. The van der Waals surface area contributed by atoms with Crippen LogP contribution in [0.4, 0.5) is 0 Å². The molecule has 1 atom stereocenters. The topological polar surface area (TPSA) is 49.7 Å². The molecule has 1 aliphatic heterocycles. The number of aliphatic hydroxyl groups excluding tert-OH is 2. The zero-order chi connectivity index (χ0) is 14.1. The van der Waals surface area contributed by atoms with E-state index in [0.717, 1.165) is 23.3 Å². The predicted octanol–water partition coefficient (Wildman–Crippen LogP) is 2.85. The molecule has 0 bridgehead atoms. The van der Waals surface area contributed by atoms with Gasteiger partial charge in [-0.05, 0) is 41.0 Å². The zero-order valence-electron chi connectivity index (χ0n) is 10.8. The molecule has 0 fully saturated rings. The highest BCUT2D eigenvalue weighted by atomic mass is 35.5. The average molecular weight is 291 g/mol. The van der Waals surface area contributed by atoms with E-state index >= 15 is 0 Å². The van der Waals surface area contributed by atoms with Crippen molar-refractivity contribution in [2.24, 2.45) is 0 Å². The Morgan fingerprint density at radius 3 is 2.85 bits per heavy atom. The molecule has 2 aromatic rings. The minimum atomic E-state index is -0.813. The van der Waals surface area contributed by atoms with Gasteiger partial charge in [0.05, 0.1) is 13.2 Å². The van der Waals surface area contributed by atoms with Crippen LogP contribution in [-0.4, -0.2) is 16.8 Å². The van der Waals surface area contributed by atoms with Crippen LogP contribution >= 0.6 is 11.6 Å². The van der Waals surface area contributed by atoms with Crippen molar-refractivity contribution in [3.63, 3.8) is 0 Å².